The van der Waals surface area contributed by atoms with Crippen LogP contribution in [0.2, 0.25) is 0 Å². The summed E-state index contributed by atoms with van der Waals surface area (Å²) in [5.41, 5.74) is -0.0436. The zero-order chi connectivity index (χ0) is 11.8. The summed E-state index contributed by atoms with van der Waals surface area (Å²) in [4.78, 5) is 10.2. The first-order valence-corrected chi connectivity index (χ1v) is 5.50. The standard InChI is InChI=1S/C10H9Cl2NO3/c11-10(12)5-7(10)6-16-9-4-2-1-3-8(9)13(14)15/h1-4,7H,5-6H2. The second kappa shape index (κ2) is 4.11. The van der Waals surface area contributed by atoms with Crippen molar-refractivity contribution in [3.63, 3.8) is 0 Å². The van der Waals surface area contributed by atoms with Gasteiger partial charge in [-0.3, -0.25) is 10.1 Å². The summed E-state index contributed by atoms with van der Waals surface area (Å²) < 4.78 is 4.63. The van der Waals surface area contributed by atoms with E-state index in [-0.39, 0.29) is 17.4 Å². The number of hydrogen-bond acceptors (Lipinski definition) is 3. The number of nitro benzene ring substituents is 1. The van der Waals surface area contributed by atoms with Gasteiger partial charge in [-0.1, -0.05) is 12.1 Å². The molecule has 0 bridgehead atoms. The number of nitrogens with zero attached hydrogens (tertiary/aromatic N) is 1. The van der Waals surface area contributed by atoms with E-state index >= 15 is 0 Å². The first-order valence-electron chi connectivity index (χ1n) is 4.75. The minimum atomic E-state index is -0.719. The van der Waals surface area contributed by atoms with Crippen LogP contribution in [-0.2, 0) is 0 Å². The molecule has 1 aliphatic carbocycles. The van der Waals surface area contributed by atoms with Gasteiger partial charge in [0.05, 0.1) is 11.5 Å². The van der Waals surface area contributed by atoms with E-state index in [2.05, 4.69) is 0 Å². The van der Waals surface area contributed by atoms with Gasteiger partial charge in [-0.15, -0.1) is 23.2 Å². The van der Waals surface area contributed by atoms with Gasteiger partial charge in [0.2, 0.25) is 0 Å². The molecule has 1 unspecified atom stereocenters. The van der Waals surface area contributed by atoms with E-state index in [1.54, 1.807) is 18.2 Å². The molecule has 1 aliphatic rings. The van der Waals surface area contributed by atoms with Gasteiger partial charge in [-0.2, -0.15) is 0 Å². The summed E-state index contributed by atoms with van der Waals surface area (Å²) in [5, 5.41) is 10.7. The number of hydrogen-bond donors (Lipinski definition) is 0. The Labute approximate surface area is 102 Å². The highest BCUT2D eigenvalue weighted by atomic mass is 35.5. The first-order chi connectivity index (χ1) is 7.50. The molecule has 1 saturated carbocycles. The summed E-state index contributed by atoms with van der Waals surface area (Å²) in [7, 11) is 0. The van der Waals surface area contributed by atoms with Crippen LogP contribution < -0.4 is 4.74 Å². The Morgan fingerprint density at radius 2 is 2.12 bits per heavy atom. The number of ether oxygens (including phenoxy) is 1. The van der Waals surface area contributed by atoms with Crippen LogP contribution >= 0.6 is 23.2 Å². The molecule has 4 nitrogen and oxygen atoms in total. The topological polar surface area (TPSA) is 52.4 Å². The lowest BCUT2D eigenvalue weighted by Gasteiger charge is -2.06. The van der Waals surface area contributed by atoms with Crippen LogP contribution in [0.4, 0.5) is 5.69 Å². The number of halogens is 2. The molecule has 6 heteroatoms. The molecule has 2 rings (SSSR count). The van der Waals surface area contributed by atoms with E-state index in [1.807, 2.05) is 0 Å². The van der Waals surface area contributed by atoms with E-state index < -0.39 is 9.26 Å². The Balaban J connectivity index is 2.02. The van der Waals surface area contributed by atoms with Crippen molar-refractivity contribution in [3.05, 3.63) is 34.4 Å². The van der Waals surface area contributed by atoms with Gasteiger partial charge in [0.25, 0.3) is 0 Å². The molecule has 0 heterocycles. The van der Waals surface area contributed by atoms with Crippen LogP contribution in [0, 0.1) is 16.0 Å². The highest BCUT2D eigenvalue weighted by molar-refractivity contribution is 6.50. The zero-order valence-electron chi connectivity index (χ0n) is 8.23. The molecule has 0 amide bonds. The van der Waals surface area contributed by atoms with Gasteiger partial charge in [0.15, 0.2) is 5.75 Å². The Bertz CT molecular complexity index is 422. The molecule has 0 aromatic heterocycles. The predicted molar refractivity (Wildman–Crippen MR) is 61.1 cm³/mol. The van der Waals surface area contributed by atoms with Crippen molar-refractivity contribution in [2.24, 2.45) is 5.92 Å². The normalized spacial score (nSPS) is 21.5. The van der Waals surface area contributed by atoms with Crippen molar-refractivity contribution < 1.29 is 9.66 Å². The van der Waals surface area contributed by atoms with Gasteiger partial charge in [0, 0.05) is 12.0 Å². The molecule has 0 saturated heterocycles. The zero-order valence-corrected chi connectivity index (χ0v) is 9.74. The Hall–Kier alpha value is -1.000. The summed E-state index contributed by atoms with van der Waals surface area (Å²) in [6.07, 6.45) is 0.663. The van der Waals surface area contributed by atoms with Crippen LogP contribution in [-0.4, -0.2) is 15.9 Å². The lowest BCUT2D eigenvalue weighted by Crippen LogP contribution is -2.05. The van der Waals surface area contributed by atoms with Crippen LogP contribution in [0.3, 0.4) is 0 Å². The average molecular weight is 262 g/mol. The van der Waals surface area contributed by atoms with E-state index in [9.17, 15) is 10.1 Å². The molecule has 1 fully saturated rings. The number of para-hydroxylation sites is 2. The molecular weight excluding hydrogens is 253 g/mol. The van der Waals surface area contributed by atoms with Crippen molar-refractivity contribution in [2.45, 2.75) is 10.8 Å². The van der Waals surface area contributed by atoms with Crippen molar-refractivity contribution in [1.82, 2.24) is 0 Å². The van der Waals surface area contributed by atoms with Crippen LogP contribution in [0.15, 0.2) is 24.3 Å². The van der Waals surface area contributed by atoms with Gasteiger partial charge in [-0.25, -0.2) is 0 Å². The Kier molecular flexibility index (Phi) is 2.95. The van der Waals surface area contributed by atoms with Crippen molar-refractivity contribution >= 4 is 28.9 Å². The van der Waals surface area contributed by atoms with Crippen molar-refractivity contribution in [3.8, 4) is 5.75 Å². The van der Waals surface area contributed by atoms with Crippen LogP contribution in [0.5, 0.6) is 5.75 Å². The molecule has 1 aromatic rings. The highest BCUT2D eigenvalue weighted by Gasteiger charge is 2.52. The van der Waals surface area contributed by atoms with Gasteiger partial charge < -0.3 is 4.74 Å². The smallest absolute Gasteiger partial charge is 0.310 e. The second-order valence-corrected chi connectivity index (χ2v) is 5.24. The Morgan fingerprint density at radius 3 is 2.69 bits per heavy atom. The summed E-state index contributed by atoms with van der Waals surface area (Å²) >= 11 is 11.7. The maximum Gasteiger partial charge on any atom is 0.310 e. The number of alkyl halides is 2. The molecule has 1 aromatic carbocycles. The molecule has 0 radical (unpaired) electrons. The summed E-state index contributed by atoms with van der Waals surface area (Å²) in [5.74, 6) is 0.305. The first kappa shape index (κ1) is 11.5. The fourth-order valence-electron chi connectivity index (χ4n) is 1.37. The third-order valence-electron chi connectivity index (χ3n) is 2.46. The lowest BCUT2D eigenvalue weighted by atomic mass is 10.3. The summed E-state index contributed by atoms with van der Waals surface area (Å²) in [6, 6.07) is 6.24. The number of nitro groups is 1. The van der Waals surface area contributed by atoms with Crippen molar-refractivity contribution in [1.29, 1.82) is 0 Å². The molecule has 0 aliphatic heterocycles. The highest BCUT2D eigenvalue weighted by Crippen LogP contribution is 2.53. The maximum atomic E-state index is 10.7. The van der Waals surface area contributed by atoms with Crippen LogP contribution in [0.1, 0.15) is 6.42 Å². The van der Waals surface area contributed by atoms with Crippen LogP contribution in [0.25, 0.3) is 0 Å². The minimum absolute atomic E-state index is 0.0436. The minimum Gasteiger partial charge on any atom is -0.486 e. The molecule has 16 heavy (non-hydrogen) atoms. The monoisotopic (exact) mass is 261 g/mol. The van der Waals surface area contributed by atoms with Gasteiger partial charge in [0.1, 0.15) is 4.33 Å². The van der Waals surface area contributed by atoms with Crippen molar-refractivity contribution in [2.75, 3.05) is 6.61 Å². The number of benzene rings is 1. The van der Waals surface area contributed by atoms with E-state index in [4.69, 9.17) is 27.9 Å². The third-order valence-corrected chi connectivity index (χ3v) is 3.38. The maximum absolute atomic E-state index is 10.7. The fourth-order valence-corrected chi connectivity index (χ4v) is 1.87. The SMILES string of the molecule is O=[N+]([O-])c1ccccc1OCC1CC1(Cl)Cl. The summed E-state index contributed by atoms with van der Waals surface area (Å²) in [6.45, 7) is 0.303. The fraction of sp³-hybridized carbons (Fsp3) is 0.400. The lowest BCUT2D eigenvalue weighted by molar-refractivity contribution is -0.385. The molecular formula is C10H9Cl2NO3. The predicted octanol–water partition coefficient (Wildman–Crippen LogP) is 3.17. The second-order valence-electron chi connectivity index (χ2n) is 3.70. The van der Waals surface area contributed by atoms with Gasteiger partial charge >= 0.3 is 5.69 Å². The largest absolute Gasteiger partial charge is 0.486 e. The quantitative estimate of drug-likeness (QED) is 0.475. The van der Waals surface area contributed by atoms with E-state index in [0.29, 0.717) is 13.0 Å². The molecule has 0 N–H and O–H groups in total. The van der Waals surface area contributed by atoms with E-state index in [1.165, 1.54) is 6.07 Å². The number of rotatable bonds is 4. The van der Waals surface area contributed by atoms with Gasteiger partial charge in [-0.05, 0) is 12.5 Å². The molecule has 86 valence electrons. The Morgan fingerprint density at radius 1 is 1.50 bits per heavy atom. The van der Waals surface area contributed by atoms with E-state index in [0.717, 1.165) is 0 Å². The molecule has 1 atom stereocenters. The molecule has 0 spiro atoms. The average Bonchev–Trinajstić information content (AvgIpc) is 2.84. The third kappa shape index (κ3) is 2.39.